The van der Waals surface area contributed by atoms with Crippen LogP contribution in [0.15, 0.2) is 60.7 Å². The highest BCUT2D eigenvalue weighted by Crippen LogP contribution is 2.23. The Morgan fingerprint density at radius 2 is 1.69 bits per heavy atom. The highest BCUT2D eigenvalue weighted by atomic mass is 19.3. The summed E-state index contributed by atoms with van der Waals surface area (Å²) in [5.74, 6) is -0.401. The summed E-state index contributed by atoms with van der Waals surface area (Å²) < 4.78 is 29.4. The number of likely N-dealkylation sites (tertiary alicyclic amines) is 1. The molecule has 1 aliphatic rings. The van der Waals surface area contributed by atoms with Crippen LogP contribution in [0.3, 0.4) is 0 Å². The van der Waals surface area contributed by atoms with Crippen LogP contribution in [-0.2, 0) is 9.59 Å². The minimum absolute atomic E-state index is 0.0165. The predicted molar refractivity (Wildman–Crippen MR) is 106 cm³/mol. The number of carbonyl (C=O) groups excluding carboxylic acids is 2. The van der Waals surface area contributed by atoms with Crippen molar-refractivity contribution in [2.75, 3.05) is 18.4 Å². The van der Waals surface area contributed by atoms with Gasteiger partial charge in [-0.25, -0.2) is 0 Å². The molecule has 0 bridgehead atoms. The standard InChI is InChI=1S/C22H22F2N2O3/c23-22(24)29-19-9-5-4-6-16(19)10-11-20(27)26-14-12-17(13-15-26)21(28)25-18-7-2-1-3-8-18/h1-11,17,22H,12-15H2,(H,25,28)/b11-10+. The molecule has 2 amide bonds. The van der Waals surface area contributed by atoms with E-state index in [9.17, 15) is 18.4 Å². The number of amides is 2. The van der Waals surface area contributed by atoms with E-state index in [1.54, 1.807) is 23.1 Å². The number of benzene rings is 2. The second-order valence-electron chi connectivity index (χ2n) is 6.70. The molecule has 1 saturated heterocycles. The summed E-state index contributed by atoms with van der Waals surface area (Å²) in [6, 6.07) is 15.5. The lowest BCUT2D eigenvalue weighted by Gasteiger charge is -2.30. The summed E-state index contributed by atoms with van der Waals surface area (Å²) in [7, 11) is 0. The summed E-state index contributed by atoms with van der Waals surface area (Å²) in [6.45, 7) is -2.00. The summed E-state index contributed by atoms with van der Waals surface area (Å²) >= 11 is 0. The van der Waals surface area contributed by atoms with Gasteiger partial charge in [0.25, 0.3) is 0 Å². The molecule has 0 spiro atoms. The van der Waals surface area contributed by atoms with E-state index in [1.165, 1.54) is 18.2 Å². The maximum Gasteiger partial charge on any atom is 0.387 e. The lowest BCUT2D eigenvalue weighted by molar-refractivity contribution is -0.130. The van der Waals surface area contributed by atoms with Crippen molar-refractivity contribution in [3.05, 3.63) is 66.2 Å². The molecule has 1 heterocycles. The molecular formula is C22H22F2N2O3. The SMILES string of the molecule is O=C(Nc1ccccc1)C1CCN(C(=O)/C=C/c2ccccc2OC(F)F)CC1. The first-order chi connectivity index (χ1) is 14.0. The van der Waals surface area contributed by atoms with Crippen molar-refractivity contribution in [1.82, 2.24) is 4.90 Å². The number of hydrogen-bond donors (Lipinski definition) is 1. The molecule has 0 radical (unpaired) electrons. The van der Waals surface area contributed by atoms with Gasteiger partial charge in [-0.2, -0.15) is 8.78 Å². The Balaban J connectivity index is 1.53. The molecule has 5 nitrogen and oxygen atoms in total. The van der Waals surface area contributed by atoms with E-state index in [4.69, 9.17) is 0 Å². The average Bonchev–Trinajstić information content (AvgIpc) is 2.73. The number of hydrogen-bond acceptors (Lipinski definition) is 3. The van der Waals surface area contributed by atoms with Crippen LogP contribution in [0.4, 0.5) is 14.5 Å². The summed E-state index contributed by atoms with van der Waals surface area (Å²) in [6.07, 6.45) is 3.96. The molecular weight excluding hydrogens is 378 g/mol. The van der Waals surface area contributed by atoms with Crippen LogP contribution in [0.2, 0.25) is 0 Å². The number of alkyl halides is 2. The lowest BCUT2D eigenvalue weighted by Crippen LogP contribution is -2.40. The van der Waals surface area contributed by atoms with Crippen LogP contribution in [0.1, 0.15) is 18.4 Å². The number of para-hydroxylation sites is 2. The Morgan fingerprint density at radius 3 is 2.38 bits per heavy atom. The third-order valence-corrected chi connectivity index (χ3v) is 4.76. The highest BCUT2D eigenvalue weighted by molar-refractivity contribution is 5.94. The van der Waals surface area contributed by atoms with Crippen molar-refractivity contribution < 1.29 is 23.1 Å². The van der Waals surface area contributed by atoms with Crippen LogP contribution in [-0.4, -0.2) is 36.4 Å². The number of piperidine rings is 1. The fourth-order valence-corrected chi connectivity index (χ4v) is 3.22. The minimum Gasteiger partial charge on any atom is -0.434 e. The Hall–Kier alpha value is -3.22. The fourth-order valence-electron chi connectivity index (χ4n) is 3.22. The Morgan fingerprint density at radius 1 is 1.03 bits per heavy atom. The maximum atomic E-state index is 12.5. The number of halogens is 2. The number of nitrogens with zero attached hydrogens (tertiary/aromatic N) is 1. The molecule has 0 unspecified atom stereocenters. The second kappa shape index (κ2) is 9.82. The lowest BCUT2D eigenvalue weighted by atomic mass is 9.95. The van der Waals surface area contributed by atoms with Gasteiger partial charge in [-0.15, -0.1) is 0 Å². The first-order valence-corrected chi connectivity index (χ1v) is 9.39. The summed E-state index contributed by atoms with van der Waals surface area (Å²) in [4.78, 5) is 26.5. The van der Waals surface area contributed by atoms with Gasteiger partial charge >= 0.3 is 6.61 Å². The van der Waals surface area contributed by atoms with Crippen molar-refractivity contribution in [2.24, 2.45) is 5.92 Å². The second-order valence-corrected chi connectivity index (χ2v) is 6.70. The van der Waals surface area contributed by atoms with E-state index in [1.807, 2.05) is 30.3 Å². The molecule has 1 N–H and O–H groups in total. The van der Waals surface area contributed by atoms with Gasteiger partial charge in [0.15, 0.2) is 0 Å². The van der Waals surface area contributed by atoms with Crippen molar-refractivity contribution in [3.63, 3.8) is 0 Å². The van der Waals surface area contributed by atoms with Gasteiger partial charge in [-0.05, 0) is 37.1 Å². The zero-order valence-electron chi connectivity index (χ0n) is 15.8. The summed E-state index contributed by atoms with van der Waals surface area (Å²) in [5, 5.41) is 2.89. The van der Waals surface area contributed by atoms with Crippen LogP contribution < -0.4 is 10.1 Å². The largest absolute Gasteiger partial charge is 0.434 e. The molecule has 7 heteroatoms. The molecule has 29 heavy (non-hydrogen) atoms. The van der Waals surface area contributed by atoms with Crippen molar-refractivity contribution in [1.29, 1.82) is 0 Å². The third-order valence-electron chi connectivity index (χ3n) is 4.76. The molecule has 0 atom stereocenters. The number of rotatable bonds is 6. The van der Waals surface area contributed by atoms with E-state index in [2.05, 4.69) is 10.1 Å². The normalized spacial score (nSPS) is 14.9. The van der Waals surface area contributed by atoms with Crippen LogP contribution in [0.5, 0.6) is 5.75 Å². The molecule has 1 aliphatic heterocycles. The number of anilines is 1. The quantitative estimate of drug-likeness (QED) is 0.740. The van der Waals surface area contributed by atoms with Gasteiger partial charge in [-0.1, -0.05) is 36.4 Å². The van der Waals surface area contributed by atoms with Crippen molar-refractivity contribution in [3.8, 4) is 5.75 Å². The van der Waals surface area contributed by atoms with Gasteiger partial charge in [0.1, 0.15) is 5.75 Å². The third kappa shape index (κ3) is 5.88. The Bertz CT molecular complexity index is 863. The van der Waals surface area contributed by atoms with Crippen LogP contribution >= 0.6 is 0 Å². The summed E-state index contributed by atoms with van der Waals surface area (Å²) in [5.41, 5.74) is 1.15. The average molecular weight is 400 g/mol. The van der Waals surface area contributed by atoms with E-state index in [0.29, 0.717) is 31.5 Å². The number of nitrogens with one attached hydrogen (secondary N) is 1. The Kier molecular flexibility index (Phi) is 6.94. The van der Waals surface area contributed by atoms with Crippen molar-refractivity contribution in [2.45, 2.75) is 19.5 Å². The van der Waals surface area contributed by atoms with Gasteiger partial charge in [0.2, 0.25) is 11.8 Å². The smallest absolute Gasteiger partial charge is 0.387 e. The topological polar surface area (TPSA) is 58.6 Å². The van der Waals surface area contributed by atoms with E-state index in [-0.39, 0.29) is 23.5 Å². The molecule has 0 saturated carbocycles. The number of ether oxygens (including phenoxy) is 1. The first-order valence-electron chi connectivity index (χ1n) is 9.39. The van der Waals surface area contributed by atoms with E-state index in [0.717, 1.165) is 5.69 Å². The first kappa shape index (κ1) is 20.5. The Labute approximate surface area is 168 Å². The minimum atomic E-state index is -2.93. The van der Waals surface area contributed by atoms with E-state index < -0.39 is 6.61 Å². The monoisotopic (exact) mass is 400 g/mol. The van der Waals surface area contributed by atoms with Gasteiger partial charge in [0.05, 0.1) is 0 Å². The van der Waals surface area contributed by atoms with Gasteiger partial charge in [-0.3, -0.25) is 9.59 Å². The molecule has 3 rings (SSSR count). The van der Waals surface area contributed by atoms with Crippen LogP contribution in [0, 0.1) is 5.92 Å². The maximum absolute atomic E-state index is 12.5. The molecule has 0 aliphatic carbocycles. The number of carbonyl (C=O) groups is 2. The van der Waals surface area contributed by atoms with E-state index >= 15 is 0 Å². The molecule has 1 fully saturated rings. The molecule has 2 aromatic rings. The predicted octanol–water partition coefficient (Wildman–Crippen LogP) is 4.18. The fraction of sp³-hybridized carbons (Fsp3) is 0.273. The highest BCUT2D eigenvalue weighted by Gasteiger charge is 2.26. The molecule has 2 aromatic carbocycles. The molecule has 152 valence electrons. The van der Waals surface area contributed by atoms with Gasteiger partial charge in [0, 0.05) is 36.3 Å². The molecule has 0 aromatic heterocycles. The van der Waals surface area contributed by atoms with Gasteiger partial charge < -0.3 is 15.0 Å². The van der Waals surface area contributed by atoms with Crippen molar-refractivity contribution >= 4 is 23.6 Å². The zero-order valence-corrected chi connectivity index (χ0v) is 15.8. The van der Waals surface area contributed by atoms with Crippen LogP contribution in [0.25, 0.3) is 6.08 Å². The zero-order chi connectivity index (χ0) is 20.6.